The Balaban J connectivity index is 0.000000207. The minimum absolute atomic E-state index is 0.139. The Morgan fingerprint density at radius 2 is 1.79 bits per heavy atom. The molecule has 0 spiro atoms. The number of carbonyl (C=O) groups is 1. The molecule has 1 aliphatic heterocycles. The molecular formula is C32H35FN4O4S2. The van der Waals surface area contributed by atoms with Crippen LogP contribution in [0.1, 0.15) is 45.1 Å². The maximum absolute atomic E-state index is 15.0. The Morgan fingerprint density at radius 3 is 2.51 bits per heavy atom. The van der Waals surface area contributed by atoms with Gasteiger partial charge >= 0.3 is 0 Å². The van der Waals surface area contributed by atoms with Gasteiger partial charge in [-0.15, -0.1) is 11.3 Å². The second-order valence-electron chi connectivity index (χ2n) is 10.9. The average molecular weight is 623 g/mol. The van der Waals surface area contributed by atoms with Crippen molar-refractivity contribution in [1.29, 1.82) is 0 Å². The zero-order valence-corrected chi connectivity index (χ0v) is 25.9. The summed E-state index contributed by atoms with van der Waals surface area (Å²) in [5.41, 5.74) is 4.14. The number of hydrogen-bond acceptors (Lipinski definition) is 7. The molecule has 0 radical (unpaired) electrons. The first-order valence-corrected chi connectivity index (χ1v) is 17.0. The van der Waals surface area contributed by atoms with Gasteiger partial charge in [-0.2, -0.15) is 0 Å². The van der Waals surface area contributed by atoms with E-state index in [-0.39, 0.29) is 28.7 Å². The van der Waals surface area contributed by atoms with Gasteiger partial charge in [0.1, 0.15) is 0 Å². The standard InChI is InChI=1S/C22H21FN2O2S.C10H14N2O2S/c1-25-13-15(10-11-20(25)26)16-7-5-8-17(21(16)23)24-22(27)19-12-14-6-3-2-4-9-18(14)28-19;1-9-2-3-10(8-11-9)12-4-6-15(13,14)7-5-12/h5,7-8,10-13H,2-4,6,9H2,1H3,(H,24,27);2-3,8H,4-7H2,1H3. The molecule has 1 fully saturated rings. The van der Waals surface area contributed by atoms with Crippen molar-refractivity contribution in [1.82, 2.24) is 9.55 Å². The van der Waals surface area contributed by atoms with Crippen LogP contribution >= 0.6 is 11.3 Å². The second-order valence-corrected chi connectivity index (χ2v) is 14.3. The SMILES string of the molecule is Cc1ccc(N2CCS(=O)(=O)CC2)cn1.Cn1cc(-c2cccc(NC(=O)c3cc4c(s3)CCCCC4)c2F)ccc1=O. The number of halogens is 1. The van der Waals surface area contributed by atoms with E-state index in [2.05, 4.69) is 15.2 Å². The van der Waals surface area contributed by atoms with E-state index < -0.39 is 15.7 Å². The lowest BCUT2D eigenvalue weighted by Crippen LogP contribution is -2.40. The number of nitrogens with zero attached hydrogens (tertiary/aromatic N) is 3. The molecule has 3 aromatic heterocycles. The summed E-state index contributed by atoms with van der Waals surface area (Å²) in [4.78, 5) is 32.4. The quantitative estimate of drug-likeness (QED) is 0.306. The Kier molecular flexibility index (Phi) is 9.41. The average Bonchev–Trinajstić information content (AvgIpc) is 3.27. The first-order valence-electron chi connectivity index (χ1n) is 14.4. The number of hydrogen-bond donors (Lipinski definition) is 1. The van der Waals surface area contributed by atoms with Crippen LogP contribution in [0.15, 0.2) is 65.7 Å². The largest absolute Gasteiger partial charge is 0.368 e. The number of fused-ring (bicyclic) bond motifs is 1. The van der Waals surface area contributed by atoms with E-state index >= 15 is 4.39 Å². The minimum atomic E-state index is -2.79. The number of thiophene rings is 1. The van der Waals surface area contributed by atoms with Gasteiger partial charge in [0, 0.05) is 54.1 Å². The number of benzene rings is 1. The molecule has 6 rings (SSSR count). The van der Waals surface area contributed by atoms with E-state index in [0.717, 1.165) is 37.1 Å². The lowest BCUT2D eigenvalue weighted by molar-refractivity contribution is 0.103. The van der Waals surface area contributed by atoms with E-state index in [4.69, 9.17) is 0 Å². The predicted molar refractivity (Wildman–Crippen MR) is 170 cm³/mol. The highest BCUT2D eigenvalue weighted by atomic mass is 32.2. The zero-order valence-electron chi connectivity index (χ0n) is 24.3. The lowest BCUT2D eigenvalue weighted by Gasteiger charge is -2.28. The summed E-state index contributed by atoms with van der Waals surface area (Å²) in [5, 5.41) is 2.72. The van der Waals surface area contributed by atoms with Crippen molar-refractivity contribution < 1.29 is 17.6 Å². The molecule has 1 aliphatic carbocycles. The number of nitrogens with one attached hydrogen (secondary N) is 1. The number of aryl methyl sites for hydroxylation is 4. The van der Waals surface area contributed by atoms with Gasteiger partial charge in [-0.1, -0.05) is 18.6 Å². The second kappa shape index (κ2) is 13.2. The summed E-state index contributed by atoms with van der Waals surface area (Å²) >= 11 is 1.51. The Hall–Kier alpha value is -3.83. The van der Waals surface area contributed by atoms with Crippen molar-refractivity contribution in [3.63, 3.8) is 0 Å². The van der Waals surface area contributed by atoms with E-state index in [1.165, 1.54) is 38.8 Å². The fourth-order valence-electron chi connectivity index (χ4n) is 5.19. The summed E-state index contributed by atoms with van der Waals surface area (Å²) in [7, 11) is -1.17. The van der Waals surface area contributed by atoms with Gasteiger partial charge in [-0.3, -0.25) is 14.6 Å². The van der Waals surface area contributed by atoms with Crippen molar-refractivity contribution in [2.45, 2.75) is 39.0 Å². The van der Waals surface area contributed by atoms with Gasteiger partial charge < -0.3 is 14.8 Å². The summed E-state index contributed by atoms with van der Waals surface area (Å²) in [5.74, 6) is -0.288. The third kappa shape index (κ3) is 7.58. The number of amides is 1. The zero-order chi connectivity index (χ0) is 30.6. The number of sulfone groups is 1. The fraction of sp³-hybridized carbons (Fsp3) is 0.344. The minimum Gasteiger partial charge on any atom is -0.368 e. The Bertz CT molecular complexity index is 1740. The molecule has 0 atom stereocenters. The van der Waals surface area contributed by atoms with Gasteiger partial charge in [0.25, 0.3) is 5.91 Å². The van der Waals surface area contributed by atoms with Crippen LogP contribution in [-0.2, 0) is 29.7 Å². The van der Waals surface area contributed by atoms with Crippen LogP contribution < -0.4 is 15.8 Å². The molecule has 2 aliphatic rings. The molecule has 0 bridgehead atoms. The van der Waals surface area contributed by atoms with Gasteiger partial charge in [0.15, 0.2) is 15.7 Å². The summed E-state index contributed by atoms with van der Waals surface area (Å²) in [6, 6.07) is 13.8. The summed E-state index contributed by atoms with van der Waals surface area (Å²) in [6.45, 7) is 3.09. The molecule has 1 aromatic carbocycles. The molecule has 4 heterocycles. The first kappa shape index (κ1) is 30.6. The van der Waals surface area contributed by atoms with Crippen LogP contribution in [-0.4, -0.2) is 48.5 Å². The number of pyridine rings is 2. The van der Waals surface area contributed by atoms with Crippen molar-refractivity contribution in [3.05, 3.63) is 98.1 Å². The van der Waals surface area contributed by atoms with Crippen molar-refractivity contribution in [2.24, 2.45) is 7.05 Å². The molecule has 4 aromatic rings. The van der Waals surface area contributed by atoms with E-state index in [9.17, 15) is 18.0 Å². The fourth-order valence-corrected chi connectivity index (χ4v) is 7.54. The molecule has 1 saturated heterocycles. The third-order valence-corrected chi connectivity index (χ3v) is 10.6. The van der Waals surface area contributed by atoms with Crippen LogP contribution in [0.4, 0.5) is 15.8 Å². The van der Waals surface area contributed by atoms with Crippen LogP contribution in [0, 0.1) is 12.7 Å². The molecular weight excluding hydrogens is 588 g/mol. The van der Waals surface area contributed by atoms with E-state index in [1.54, 1.807) is 43.7 Å². The lowest BCUT2D eigenvalue weighted by atomic mass is 10.1. The van der Waals surface area contributed by atoms with Crippen LogP contribution in [0.3, 0.4) is 0 Å². The summed E-state index contributed by atoms with van der Waals surface area (Å²) < 4.78 is 38.9. The van der Waals surface area contributed by atoms with Crippen LogP contribution in [0.5, 0.6) is 0 Å². The van der Waals surface area contributed by atoms with Crippen molar-refractivity contribution in [3.8, 4) is 11.1 Å². The van der Waals surface area contributed by atoms with E-state index in [0.29, 0.717) is 29.1 Å². The smallest absolute Gasteiger partial charge is 0.265 e. The monoisotopic (exact) mass is 622 g/mol. The topological polar surface area (TPSA) is 101 Å². The van der Waals surface area contributed by atoms with Crippen LogP contribution in [0.25, 0.3) is 11.1 Å². The number of rotatable bonds is 4. The maximum Gasteiger partial charge on any atom is 0.265 e. The number of aromatic nitrogens is 2. The molecule has 0 saturated carbocycles. The Labute approximate surface area is 255 Å². The molecule has 11 heteroatoms. The normalized spacial score (nSPS) is 15.9. The first-order chi connectivity index (χ1) is 20.6. The molecule has 8 nitrogen and oxygen atoms in total. The maximum atomic E-state index is 15.0. The predicted octanol–water partition coefficient (Wildman–Crippen LogP) is 5.40. The third-order valence-electron chi connectivity index (χ3n) is 7.72. The van der Waals surface area contributed by atoms with Crippen LogP contribution in [0.2, 0.25) is 0 Å². The molecule has 0 unspecified atom stereocenters. The van der Waals surface area contributed by atoms with Crippen molar-refractivity contribution in [2.75, 3.05) is 34.8 Å². The van der Waals surface area contributed by atoms with Gasteiger partial charge in [0.05, 0.1) is 34.0 Å². The molecule has 43 heavy (non-hydrogen) atoms. The molecule has 1 amide bonds. The molecule has 226 valence electrons. The number of anilines is 2. The van der Waals surface area contributed by atoms with E-state index in [1.807, 2.05) is 25.1 Å². The highest BCUT2D eigenvalue weighted by Gasteiger charge is 2.22. The highest BCUT2D eigenvalue weighted by Crippen LogP contribution is 2.31. The highest BCUT2D eigenvalue weighted by molar-refractivity contribution is 7.91. The van der Waals surface area contributed by atoms with Gasteiger partial charge in [-0.25, -0.2) is 12.8 Å². The van der Waals surface area contributed by atoms with Gasteiger partial charge in [0.2, 0.25) is 5.56 Å². The molecule has 1 N–H and O–H groups in total. The van der Waals surface area contributed by atoms with Crippen molar-refractivity contribution >= 4 is 38.5 Å². The summed E-state index contributed by atoms with van der Waals surface area (Å²) in [6.07, 6.45) is 8.95. The van der Waals surface area contributed by atoms with Gasteiger partial charge in [-0.05, 0) is 68.5 Å². The number of carbonyl (C=O) groups excluding carboxylic acids is 1. The Morgan fingerprint density at radius 1 is 1.02 bits per heavy atom.